The molecule has 1 saturated carbocycles. The van der Waals surface area contributed by atoms with Gasteiger partial charge in [-0.1, -0.05) is 11.6 Å². The first-order chi connectivity index (χ1) is 23.5. The van der Waals surface area contributed by atoms with Gasteiger partial charge in [0.25, 0.3) is 0 Å². The van der Waals surface area contributed by atoms with Crippen molar-refractivity contribution in [2.24, 2.45) is 29.6 Å². The van der Waals surface area contributed by atoms with Gasteiger partial charge in [-0.15, -0.1) is 0 Å². The molecule has 2 heterocycles. The summed E-state index contributed by atoms with van der Waals surface area (Å²) in [7, 11) is 2.88. The van der Waals surface area contributed by atoms with Crippen LogP contribution in [0.15, 0.2) is 72.3 Å². The Morgan fingerprint density at radius 3 is 1.73 bits per heavy atom. The molecule has 3 aromatic rings. The molecule has 2 saturated heterocycles. The summed E-state index contributed by atoms with van der Waals surface area (Å²) in [4.78, 5) is 82.9. The third-order valence-corrected chi connectivity index (χ3v) is 10.6. The first-order valence-electron chi connectivity index (χ1n) is 16.1. The molecule has 4 aliphatic rings. The van der Waals surface area contributed by atoms with Gasteiger partial charge in [0.15, 0.2) is 11.6 Å². The molecule has 4 amide bonds. The zero-order valence-corrected chi connectivity index (χ0v) is 27.3. The number of carbonyl (C=O) groups is 6. The summed E-state index contributed by atoms with van der Waals surface area (Å²) >= 11 is 0. The van der Waals surface area contributed by atoms with Crippen LogP contribution in [-0.2, 0) is 19.2 Å². The van der Waals surface area contributed by atoms with Gasteiger partial charge >= 0.3 is 0 Å². The number of allylic oxidation sites excluding steroid dienone is 2. The molecule has 2 aliphatic heterocycles. The van der Waals surface area contributed by atoms with Crippen LogP contribution in [-0.4, -0.2) is 54.5 Å². The molecule has 3 aromatic carbocycles. The molecule has 6 atom stereocenters. The lowest BCUT2D eigenvalue weighted by atomic mass is 9.57. The van der Waals surface area contributed by atoms with Crippen molar-refractivity contribution < 1.29 is 43.3 Å². The number of carbonyl (C=O) groups excluding carboxylic acids is 6. The summed E-state index contributed by atoms with van der Waals surface area (Å²) in [6.07, 6.45) is 2.23. The molecular formula is C38H34N2O9. The second-order valence-corrected chi connectivity index (χ2v) is 13.0. The van der Waals surface area contributed by atoms with E-state index in [4.69, 9.17) is 9.47 Å². The Morgan fingerprint density at radius 1 is 0.694 bits per heavy atom. The van der Waals surface area contributed by atoms with Gasteiger partial charge in [0.1, 0.15) is 17.2 Å². The van der Waals surface area contributed by atoms with Crippen LogP contribution in [0.4, 0.5) is 11.4 Å². The summed E-state index contributed by atoms with van der Waals surface area (Å²) in [5.41, 5.74) is 2.51. The van der Waals surface area contributed by atoms with Crippen LogP contribution in [0, 0.1) is 29.6 Å². The maximum Gasteiger partial charge on any atom is 0.238 e. The number of hydrogen-bond donors (Lipinski definition) is 1. The topological polar surface area (TPSA) is 148 Å². The van der Waals surface area contributed by atoms with E-state index in [9.17, 15) is 33.9 Å². The van der Waals surface area contributed by atoms with Crippen molar-refractivity contribution in [3.63, 3.8) is 0 Å². The highest BCUT2D eigenvalue weighted by molar-refractivity contribution is 6.24. The van der Waals surface area contributed by atoms with E-state index < -0.39 is 53.2 Å². The number of phenolic OH excluding ortho intramolecular Hbond substituents is 1. The number of methoxy groups -OCH3 is 2. The lowest BCUT2D eigenvalue weighted by molar-refractivity contribution is -0.126. The molecular weight excluding hydrogens is 628 g/mol. The molecule has 0 radical (unpaired) electrons. The quantitative estimate of drug-likeness (QED) is 0.213. The number of anilines is 2. The summed E-state index contributed by atoms with van der Waals surface area (Å²) in [6.45, 7) is 2.86. The standard InChI is InChI=1S/C38H34N2O9/c1-18(41)20-5-9-22(10-6-20)39-35(44)26-14-13-25-27(31(26)37(39)46)17-28-33(32(25)34-29(43)15-24(48-3)16-30(34)49-4)38(47)40(36(28)45)23-11-7-21(8-12-23)19(2)42/h5-13,15-16,26-28,31-33,43H,14,17H2,1-4H3. The highest BCUT2D eigenvalue weighted by atomic mass is 16.5. The minimum Gasteiger partial charge on any atom is -0.507 e. The predicted molar refractivity (Wildman–Crippen MR) is 177 cm³/mol. The number of hydrogen-bond acceptors (Lipinski definition) is 9. The first kappa shape index (κ1) is 32.0. The maximum atomic E-state index is 14.4. The van der Waals surface area contributed by atoms with Gasteiger partial charge in [0, 0.05) is 34.7 Å². The van der Waals surface area contributed by atoms with Crippen LogP contribution < -0.4 is 19.3 Å². The number of ether oxygens (including phenoxy) is 2. The molecule has 0 bridgehead atoms. The fraction of sp³-hybridized carbons (Fsp3) is 0.316. The number of Topliss-reactive ketones (excluding diaryl/α,β-unsaturated/α-hetero) is 2. The van der Waals surface area contributed by atoms with Gasteiger partial charge < -0.3 is 14.6 Å². The first-order valence-corrected chi connectivity index (χ1v) is 16.1. The average Bonchev–Trinajstić information content (AvgIpc) is 3.50. The number of ketones is 2. The van der Waals surface area contributed by atoms with Crippen LogP contribution in [0.25, 0.3) is 0 Å². The van der Waals surface area contributed by atoms with Gasteiger partial charge in [0.2, 0.25) is 23.6 Å². The van der Waals surface area contributed by atoms with Gasteiger partial charge in [-0.25, -0.2) is 0 Å². The summed E-state index contributed by atoms with van der Waals surface area (Å²) < 4.78 is 11.1. The van der Waals surface area contributed by atoms with Crippen molar-refractivity contribution in [2.45, 2.75) is 32.6 Å². The number of imide groups is 2. The smallest absolute Gasteiger partial charge is 0.238 e. The van der Waals surface area contributed by atoms with E-state index in [1.807, 2.05) is 6.08 Å². The number of benzene rings is 3. The highest BCUT2D eigenvalue weighted by Gasteiger charge is 2.63. The van der Waals surface area contributed by atoms with E-state index in [1.165, 1.54) is 34.1 Å². The average molecular weight is 663 g/mol. The second-order valence-electron chi connectivity index (χ2n) is 13.0. The summed E-state index contributed by atoms with van der Waals surface area (Å²) in [5.74, 6) is -6.48. The zero-order valence-electron chi connectivity index (χ0n) is 27.3. The fourth-order valence-electron chi connectivity index (χ4n) is 8.30. The van der Waals surface area contributed by atoms with Crippen molar-refractivity contribution >= 4 is 46.6 Å². The van der Waals surface area contributed by atoms with Crippen LogP contribution in [0.5, 0.6) is 17.2 Å². The minimum atomic E-state index is -0.949. The molecule has 1 N–H and O–H groups in total. The fourth-order valence-corrected chi connectivity index (χ4v) is 8.30. The molecule has 2 aliphatic carbocycles. The van der Waals surface area contributed by atoms with Crippen molar-refractivity contribution in [1.29, 1.82) is 0 Å². The summed E-state index contributed by atoms with van der Waals surface area (Å²) in [6, 6.07) is 15.5. The zero-order chi connectivity index (χ0) is 34.9. The Hall–Kier alpha value is -5.58. The van der Waals surface area contributed by atoms with E-state index in [-0.39, 0.29) is 47.4 Å². The van der Waals surface area contributed by atoms with Gasteiger partial charge in [-0.2, -0.15) is 0 Å². The van der Waals surface area contributed by atoms with Gasteiger partial charge in [-0.3, -0.25) is 38.6 Å². The van der Waals surface area contributed by atoms with Crippen molar-refractivity contribution in [3.8, 4) is 17.2 Å². The third kappa shape index (κ3) is 4.86. The third-order valence-electron chi connectivity index (χ3n) is 10.6. The molecule has 49 heavy (non-hydrogen) atoms. The molecule has 3 fully saturated rings. The van der Waals surface area contributed by atoms with Crippen LogP contribution in [0.2, 0.25) is 0 Å². The van der Waals surface area contributed by atoms with Crippen molar-refractivity contribution in [2.75, 3.05) is 24.0 Å². The summed E-state index contributed by atoms with van der Waals surface area (Å²) in [5, 5.41) is 11.5. The molecule has 11 nitrogen and oxygen atoms in total. The van der Waals surface area contributed by atoms with E-state index in [2.05, 4.69) is 0 Å². The monoisotopic (exact) mass is 662 g/mol. The Labute approximate surface area is 282 Å². The van der Waals surface area contributed by atoms with Crippen molar-refractivity contribution in [1.82, 2.24) is 0 Å². The second kappa shape index (κ2) is 11.8. The molecule has 0 aromatic heterocycles. The predicted octanol–water partition coefficient (Wildman–Crippen LogP) is 4.86. The van der Waals surface area contributed by atoms with Gasteiger partial charge in [-0.05, 0) is 81.1 Å². The molecule has 6 unspecified atom stereocenters. The van der Waals surface area contributed by atoms with Crippen LogP contribution in [0.1, 0.15) is 58.9 Å². The van der Waals surface area contributed by atoms with Crippen molar-refractivity contribution in [3.05, 3.63) is 89.0 Å². The number of amides is 4. The number of aromatic hydroxyl groups is 1. The van der Waals surface area contributed by atoms with Gasteiger partial charge in [0.05, 0.1) is 49.3 Å². The Balaban J connectivity index is 1.34. The molecule has 7 rings (SSSR count). The number of phenols is 1. The molecule has 11 heteroatoms. The Bertz CT molecular complexity index is 1980. The maximum absolute atomic E-state index is 14.4. The van der Waals surface area contributed by atoms with Crippen LogP contribution in [0.3, 0.4) is 0 Å². The minimum absolute atomic E-state index is 0.135. The SMILES string of the molecule is COc1cc(O)c(C2C3=CCC4C(=O)N(c5ccc(C(C)=O)cc5)C(=O)C4C3CC3C(=O)N(c4ccc(C(C)=O)cc4)C(=O)C32)c(OC)c1. The Morgan fingerprint density at radius 2 is 1.22 bits per heavy atom. The highest BCUT2D eigenvalue weighted by Crippen LogP contribution is 2.60. The number of fused-ring (bicyclic) bond motifs is 4. The lowest BCUT2D eigenvalue weighted by Gasteiger charge is -2.44. The molecule has 0 spiro atoms. The van der Waals surface area contributed by atoms with E-state index in [0.717, 1.165) is 9.80 Å². The molecule has 250 valence electrons. The van der Waals surface area contributed by atoms with E-state index >= 15 is 0 Å². The largest absolute Gasteiger partial charge is 0.507 e. The van der Waals surface area contributed by atoms with E-state index in [1.54, 1.807) is 54.6 Å². The van der Waals surface area contributed by atoms with E-state index in [0.29, 0.717) is 33.8 Å². The number of nitrogens with zero attached hydrogens (tertiary/aromatic N) is 2. The number of rotatable bonds is 7. The normalized spacial score (nSPS) is 25.8. The lowest BCUT2D eigenvalue weighted by Crippen LogP contribution is -2.43. The Kier molecular flexibility index (Phi) is 7.73. The van der Waals surface area contributed by atoms with Crippen LogP contribution >= 0.6 is 0 Å².